The lowest BCUT2D eigenvalue weighted by atomic mass is 10.1. The summed E-state index contributed by atoms with van der Waals surface area (Å²) in [6.07, 6.45) is 0.937. The molecule has 0 aromatic carbocycles. The smallest absolute Gasteiger partial charge is 0.410 e. The lowest BCUT2D eigenvalue weighted by molar-refractivity contribution is 0.0254. The van der Waals surface area contributed by atoms with E-state index in [1.165, 1.54) is 0 Å². The molecule has 1 saturated heterocycles. The average molecular weight is 212 g/mol. The molecule has 0 radical (unpaired) electrons. The van der Waals surface area contributed by atoms with Gasteiger partial charge in [-0.15, -0.1) is 0 Å². The molecular formula is C11H20N2O2. The number of carbonyl (C=O) groups is 1. The van der Waals surface area contributed by atoms with Crippen LogP contribution in [0, 0.1) is 11.8 Å². The van der Waals surface area contributed by atoms with Gasteiger partial charge >= 0.3 is 6.09 Å². The fourth-order valence-corrected chi connectivity index (χ4v) is 2.37. The van der Waals surface area contributed by atoms with Crippen LogP contribution < -0.4 is 5.73 Å². The van der Waals surface area contributed by atoms with Crippen LogP contribution in [0.1, 0.15) is 27.2 Å². The third-order valence-corrected chi connectivity index (χ3v) is 3.17. The molecule has 1 aliphatic carbocycles. The van der Waals surface area contributed by atoms with E-state index in [1.54, 1.807) is 0 Å². The van der Waals surface area contributed by atoms with Crippen LogP contribution in [0.25, 0.3) is 0 Å². The molecule has 0 bridgehead atoms. The highest BCUT2D eigenvalue weighted by atomic mass is 16.6. The minimum Gasteiger partial charge on any atom is -0.444 e. The van der Waals surface area contributed by atoms with E-state index in [1.807, 2.05) is 25.7 Å². The predicted octanol–water partition coefficient (Wildman–Crippen LogP) is 1.20. The Morgan fingerprint density at radius 2 is 2.20 bits per heavy atom. The first-order chi connectivity index (χ1) is 6.92. The Hall–Kier alpha value is -0.770. The second-order valence-corrected chi connectivity index (χ2v) is 5.60. The largest absolute Gasteiger partial charge is 0.444 e. The molecule has 2 N–H and O–H groups in total. The molecule has 2 fully saturated rings. The van der Waals surface area contributed by atoms with Gasteiger partial charge in [-0.2, -0.15) is 0 Å². The van der Waals surface area contributed by atoms with Crippen LogP contribution in [0.4, 0.5) is 4.79 Å². The minimum absolute atomic E-state index is 0.175. The van der Waals surface area contributed by atoms with Gasteiger partial charge in [0.1, 0.15) is 5.60 Å². The molecule has 86 valence electrons. The number of likely N-dealkylation sites (tertiary alicyclic amines) is 1. The van der Waals surface area contributed by atoms with E-state index >= 15 is 0 Å². The quantitative estimate of drug-likeness (QED) is 0.710. The van der Waals surface area contributed by atoms with Gasteiger partial charge < -0.3 is 15.4 Å². The number of fused-ring (bicyclic) bond motifs is 1. The van der Waals surface area contributed by atoms with Crippen molar-refractivity contribution in [2.75, 3.05) is 13.1 Å². The molecule has 15 heavy (non-hydrogen) atoms. The number of ether oxygens (including phenoxy) is 1. The van der Waals surface area contributed by atoms with E-state index in [4.69, 9.17) is 10.5 Å². The van der Waals surface area contributed by atoms with Crippen LogP contribution >= 0.6 is 0 Å². The summed E-state index contributed by atoms with van der Waals surface area (Å²) in [4.78, 5) is 13.7. The second kappa shape index (κ2) is 3.37. The third-order valence-electron chi connectivity index (χ3n) is 3.17. The molecular weight excluding hydrogens is 192 g/mol. The van der Waals surface area contributed by atoms with Gasteiger partial charge in [-0.25, -0.2) is 4.79 Å². The van der Waals surface area contributed by atoms with Gasteiger partial charge in [-0.05, 0) is 45.6 Å². The lowest BCUT2D eigenvalue weighted by Crippen LogP contribution is -2.38. The summed E-state index contributed by atoms with van der Waals surface area (Å²) in [5, 5.41) is 0. The molecule has 1 saturated carbocycles. The Balaban J connectivity index is 1.93. The first kappa shape index (κ1) is 10.7. The summed E-state index contributed by atoms with van der Waals surface area (Å²) in [5.74, 6) is 1.13. The van der Waals surface area contributed by atoms with Gasteiger partial charge in [0.05, 0.1) is 0 Å². The molecule has 2 rings (SSSR count). The van der Waals surface area contributed by atoms with Crippen molar-refractivity contribution in [1.29, 1.82) is 0 Å². The number of amides is 1. The van der Waals surface area contributed by atoms with Crippen molar-refractivity contribution in [3.05, 3.63) is 0 Å². The predicted molar refractivity (Wildman–Crippen MR) is 57.4 cm³/mol. The van der Waals surface area contributed by atoms with Crippen LogP contribution in [0.2, 0.25) is 0 Å². The summed E-state index contributed by atoms with van der Waals surface area (Å²) >= 11 is 0. The zero-order valence-electron chi connectivity index (χ0n) is 9.69. The highest BCUT2D eigenvalue weighted by Crippen LogP contribution is 2.48. The first-order valence-corrected chi connectivity index (χ1v) is 5.62. The highest BCUT2D eigenvalue weighted by Gasteiger charge is 2.55. The Kier molecular flexibility index (Phi) is 2.41. The van der Waals surface area contributed by atoms with Gasteiger partial charge in [0.2, 0.25) is 0 Å². The third kappa shape index (κ3) is 2.09. The van der Waals surface area contributed by atoms with Gasteiger partial charge in [-0.1, -0.05) is 0 Å². The molecule has 4 nitrogen and oxygen atoms in total. The fraction of sp³-hybridized carbons (Fsp3) is 0.909. The van der Waals surface area contributed by atoms with Crippen molar-refractivity contribution in [2.24, 2.45) is 17.6 Å². The van der Waals surface area contributed by atoms with E-state index in [-0.39, 0.29) is 6.09 Å². The van der Waals surface area contributed by atoms with E-state index in [0.29, 0.717) is 24.4 Å². The van der Waals surface area contributed by atoms with E-state index in [9.17, 15) is 4.79 Å². The molecule has 3 unspecified atom stereocenters. The Bertz CT molecular complexity index is 272. The summed E-state index contributed by atoms with van der Waals surface area (Å²) in [6.45, 7) is 7.14. The minimum atomic E-state index is -0.401. The maximum Gasteiger partial charge on any atom is 0.410 e. The number of nitrogens with two attached hydrogens (primary N) is 1. The molecule has 1 heterocycles. The van der Waals surface area contributed by atoms with E-state index in [2.05, 4.69) is 0 Å². The van der Waals surface area contributed by atoms with Gasteiger partial charge in [0, 0.05) is 12.6 Å². The second-order valence-electron chi connectivity index (χ2n) is 5.60. The summed E-state index contributed by atoms with van der Waals surface area (Å²) < 4.78 is 5.36. The fourth-order valence-electron chi connectivity index (χ4n) is 2.37. The number of hydrogen-bond donors (Lipinski definition) is 1. The van der Waals surface area contributed by atoms with Crippen molar-refractivity contribution in [3.63, 3.8) is 0 Å². The zero-order chi connectivity index (χ0) is 11.2. The molecule has 1 aliphatic heterocycles. The van der Waals surface area contributed by atoms with Crippen molar-refractivity contribution in [2.45, 2.75) is 38.8 Å². The first-order valence-electron chi connectivity index (χ1n) is 5.62. The zero-order valence-corrected chi connectivity index (χ0v) is 9.69. The lowest BCUT2D eigenvalue weighted by Gasteiger charge is -2.26. The van der Waals surface area contributed by atoms with Crippen molar-refractivity contribution in [1.82, 2.24) is 4.90 Å². The molecule has 0 spiro atoms. The summed E-state index contributed by atoms with van der Waals surface area (Å²) in [7, 11) is 0. The number of nitrogens with zero attached hydrogens (tertiary/aromatic N) is 1. The monoisotopic (exact) mass is 212 g/mol. The number of carbonyl (C=O) groups excluding carboxylic acids is 1. The molecule has 4 heteroatoms. The van der Waals surface area contributed by atoms with Crippen molar-refractivity contribution in [3.8, 4) is 0 Å². The van der Waals surface area contributed by atoms with Gasteiger partial charge in [-0.3, -0.25) is 0 Å². The molecule has 3 atom stereocenters. The number of rotatable bonds is 1. The highest BCUT2D eigenvalue weighted by molar-refractivity contribution is 5.69. The maximum atomic E-state index is 11.8. The Morgan fingerprint density at radius 1 is 1.53 bits per heavy atom. The van der Waals surface area contributed by atoms with E-state index < -0.39 is 5.60 Å². The van der Waals surface area contributed by atoms with Crippen molar-refractivity contribution < 1.29 is 9.53 Å². The number of piperidine rings is 1. The van der Waals surface area contributed by atoms with Crippen LogP contribution in [-0.4, -0.2) is 35.7 Å². The molecule has 2 aliphatic rings. The van der Waals surface area contributed by atoms with Gasteiger partial charge in [0.25, 0.3) is 0 Å². The number of hydrogen-bond acceptors (Lipinski definition) is 3. The van der Waals surface area contributed by atoms with Crippen molar-refractivity contribution >= 4 is 6.09 Å². The SMILES string of the molecule is CC(C)(C)OC(=O)N1CC(CN)C2CC21. The molecule has 0 aromatic heterocycles. The van der Waals surface area contributed by atoms with E-state index in [0.717, 1.165) is 13.0 Å². The van der Waals surface area contributed by atoms with Gasteiger partial charge in [0.15, 0.2) is 0 Å². The standard InChI is InChI=1S/C11H20N2O2/c1-11(2,3)15-10(14)13-6-7(5-12)8-4-9(8)13/h7-9H,4-6,12H2,1-3H3. The summed E-state index contributed by atoms with van der Waals surface area (Å²) in [5.41, 5.74) is 5.26. The molecule has 0 aromatic rings. The Morgan fingerprint density at radius 3 is 2.67 bits per heavy atom. The van der Waals surface area contributed by atoms with Crippen LogP contribution in [0.3, 0.4) is 0 Å². The Labute approximate surface area is 90.8 Å². The maximum absolute atomic E-state index is 11.8. The molecule has 1 amide bonds. The average Bonchev–Trinajstić information content (AvgIpc) is 2.78. The normalized spacial score (nSPS) is 33.9. The topological polar surface area (TPSA) is 55.6 Å². The summed E-state index contributed by atoms with van der Waals surface area (Å²) in [6, 6.07) is 0.411. The van der Waals surface area contributed by atoms with Crippen LogP contribution in [0.15, 0.2) is 0 Å². The van der Waals surface area contributed by atoms with Crippen LogP contribution in [-0.2, 0) is 4.74 Å². The van der Waals surface area contributed by atoms with Crippen LogP contribution in [0.5, 0.6) is 0 Å².